The molecule has 3 aromatic rings. The number of hydrogen-bond donors (Lipinski definition) is 1. The van der Waals surface area contributed by atoms with Crippen molar-refractivity contribution in [2.75, 3.05) is 32.6 Å². The number of nitrogens with zero attached hydrogens (tertiary/aromatic N) is 1. The van der Waals surface area contributed by atoms with E-state index in [0.717, 1.165) is 59.8 Å². The highest BCUT2D eigenvalue weighted by Crippen LogP contribution is 2.35. The molecule has 0 aromatic heterocycles. The van der Waals surface area contributed by atoms with E-state index in [1.54, 1.807) is 14.2 Å². The van der Waals surface area contributed by atoms with Crippen LogP contribution in [0.5, 0.6) is 11.5 Å². The van der Waals surface area contributed by atoms with E-state index >= 15 is 0 Å². The fraction of sp³-hybridized carbons (Fsp3) is 0.269. The third-order valence-electron chi connectivity index (χ3n) is 5.71. The van der Waals surface area contributed by atoms with Crippen molar-refractivity contribution in [2.45, 2.75) is 18.9 Å². The number of methoxy groups -OCH3 is 2. The summed E-state index contributed by atoms with van der Waals surface area (Å²) in [6.45, 7) is 1.65. The number of carbonyl (C=O) groups is 1. The molecule has 4 rings (SSSR count). The van der Waals surface area contributed by atoms with Crippen molar-refractivity contribution in [1.29, 1.82) is 0 Å². The van der Waals surface area contributed by atoms with Crippen LogP contribution >= 0.6 is 0 Å². The second kappa shape index (κ2) is 9.56. The van der Waals surface area contributed by atoms with E-state index < -0.39 is 6.04 Å². The summed E-state index contributed by atoms with van der Waals surface area (Å²) in [7, 11) is 3.32. The van der Waals surface area contributed by atoms with Gasteiger partial charge in [-0.05, 0) is 54.3 Å². The second-order valence-corrected chi connectivity index (χ2v) is 7.66. The van der Waals surface area contributed by atoms with Gasteiger partial charge < -0.3 is 19.7 Å². The molecule has 1 saturated heterocycles. The van der Waals surface area contributed by atoms with E-state index in [9.17, 15) is 4.79 Å². The summed E-state index contributed by atoms with van der Waals surface area (Å²) in [5.41, 5.74) is 3.80. The van der Waals surface area contributed by atoms with Crippen LogP contribution in [-0.4, -0.2) is 38.1 Å². The van der Waals surface area contributed by atoms with Crippen LogP contribution in [0, 0.1) is 0 Å². The van der Waals surface area contributed by atoms with Crippen LogP contribution < -0.4 is 14.8 Å². The quantitative estimate of drug-likeness (QED) is 0.579. The predicted octanol–water partition coefficient (Wildman–Crippen LogP) is 5.15. The Morgan fingerprint density at radius 2 is 1.61 bits per heavy atom. The van der Waals surface area contributed by atoms with Crippen molar-refractivity contribution in [1.82, 2.24) is 4.90 Å². The minimum Gasteiger partial charge on any atom is -0.497 e. The van der Waals surface area contributed by atoms with Crippen LogP contribution in [0.25, 0.3) is 11.1 Å². The van der Waals surface area contributed by atoms with Gasteiger partial charge in [0.05, 0.1) is 14.2 Å². The first-order valence-electron chi connectivity index (χ1n) is 10.6. The molecule has 0 saturated carbocycles. The highest BCUT2D eigenvalue weighted by molar-refractivity contribution is 5.87. The Bertz CT molecular complexity index is 1010. The maximum atomic E-state index is 13.3. The van der Waals surface area contributed by atoms with Crippen LogP contribution in [0.15, 0.2) is 72.8 Å². The minimum absolute atomic E-state index is 0.116. The molecule has 1 unspecified atom stereocenters. The summed E-state index contributed by atoms with van der Waals surface area (Å²) in [4.78, 5) is 15.3. The highest BCUT2D eigenvalue weighted by Gasteiger charge is 2.28. The number of carbonyl (C=O) groups excluding carboxylic acids is 1. The third kappa shape index (κ3) is 4.66. The minimum atomic E-state index is -0.434. The van der Waals surface area contributed by atoms with Gasteiger partial charge in [-0.1, -0.05) is 42.5 Å². The first-order valence-corrected chi connectivity index (χ1v) is 10.6. The molecule has 160 valence electrons. The number of anilines is 1. The van der Waals surface area contributed by atoms with Gasteiger partial charge in [-0.2, -0.15) is 0 Å². The van der Waals surface area contributed by atoms with Crippen LogP contribution in [0.1, 0.15) is 24.4 Å². The third-order valence-corrected chi connectivity index (χ3v) is 5.71. The summed E-state index contributed by atoms with van der Waals surface area (Å²) in [5.74, 6) is 1.70. The molecular formula is C26H28N2O3. The van der Waals surface area contributed by atoms with Gasteiger partial charge in [0.15, 0.2) is 0 Å². The van der Waals surface area contributed by atoms with Crippen LogP contribution in [0.4, 0.5) is 5.69 Å². The number of ether oxygens (including phenoxy) is 2. The Morgan fingerprint density at radius 3 is 2.26 bits per heavy atom. The molecule has 1 amide bonds. The van der Waals surface area contributed by atoms with Crippen molar-refractivity contribution in [3.8, 4) is 22.6 Å². The monoisotopic (exact) mass is 416 g/mol. The molecule has 0 radical (unpaired) electrons. The number of amides is 1. The lowest BCUT2D eigenvalue weighted by atomic mass is 10.0. The summed E-state index contributed by atoms with van der Waals surface area (Å²) < 4.78 is 10.9. The molecule has 1 aliphatic rings. The maximum absolute atomic E-state index is 13.3. The van der Waals surface area contributed by atoms with E-state index in [1.807, 2.05) is 77.7 Å². The first-order chi connectivity index (χ1) is 15.2. The molecule has 5 nitrogen and oxygen atoms in total. The molecule has 0 aliphatic carbocycles. The van der Waals surface area contributed by atoms with Crippen LogP contribution in [-0.2, 0) is 4.79 Å². The SMILES string of the molecule is COc1ccc(-c2cc(NC(C(=O)N3CCCC3)c3ccccc3)ccc2OC)cc1. The molecule has 0 bridgehead atoms. The summed E-state index contributed by atoms with van der Waals surface area (Å²) in [6.07, 6.45) is 2.13. The maximum Gasteiger partial charge on any atom is 0.249 e. The Hall–Kier alpha value is -3.47. The van der Waals surface area contributed by atoms with Gasteiger partial charge in [0.1, 0.15) is 17.5 Å². The molecule has 31 heavy (non-hydrogen) atoms. The van der Waals surface area contributed by atoms with E-state index in [1.165, 1.54) is 0 Å². The van der Waals surface area contributed by atoms with Crippen molar-refractivity contribution in [2.24, 2.45) is 0 Å². The van der Waals surface area contributed by atoms with E-state index in [4.69, 9.17) is 9.47 Å². The van der Waals surface area contributed by atoms with Crippen molar-refractivity contribution < 1.29 is 14.3 Å². The fourth-order valence-corrected chi connectivity index (χ4v) is 4.01. The number of nitrogens with one attached hydrogen (secondary N) is 1. The van der Waals surface area contributed by atoms with E-state index in [-0.39, 0.29) is 5.91 Å². The van der Waals surface area contributed by atoms with Crippen molar-refractivity contribution in [3.05, 3.63) is 78.4 Å². The van der Waals surface area contributed by atoms with Gasteiger partial charge in [-0.3, -0.25) is 4.79 Å². The number of benzene rings is 3. The molecule has 1 N–H and O–H groups in total. The molecule has 1 heterocycles. The molecule has 0 spiro atoms. The second-order valence-electron chi connectivity index (χ2n) is 7.66. The summed E-state index contributed by atoms with van der Waals surface area (Å²) >= 11 is 0. The van der Waals surface area contributed by atoms with Gasteiger partial charge >= 0.3 is 0 Å². The van der Waals surface area contributed by atoms with Crippen LogP contribution in [0.2, 0.25) is 0 Å². The molecule has 1 atom stereocenters. The first kappa shape index (κ1) is 20.8. The lowest BCUT2D eigenvalue weighted by molar-refractivity contribution is -0.131. The standard InChI is InChI=1S/C26H28N2O3/c1-30-22-13-10-19(11-14-22)23-18-21(12-15-24(23)31-2)27-25(20-8-4-3-5-9-20)26(29)28-16-6-7-17-28/h3-5,8-15,18,25,27H,6-7,16-17H2,1-2H3. The van der Waals surface area contributed by atoms with Crippen LogP contribution in [0.3, 0.4) is 0 Å². The fourth-order valence-electron chi connectivity index (χ4n) is 4.01. The number of likely N-dealkylation sites (tertiary alicyclic amines) is 1. The molecule has 3 aromatic carbocycles. The molecule has 1 aliphatic heterocycles. The zero-order chi connectivity index (χ0) is 21.6. The molecule has 1 fully saturated rings. The lowest BCUT2D eigenvalue weighted by Gasteiger charge is -2.25. The van der Waals surface area contributed by atoms with E-state index in [2.05, 4.69) is 5.32 Å². The van der Waals surface area contributed by atoms with E-state index in [0.29, 0.717) is 0 Å². The lowest BCUT2D eigenvalue weighted by Crippen LogP contribution is -2.36. The average Bonchev–Trinajstić information content (AvgIpc) is 3.38. The largest absolute Gasteiger partial charge is 0.497 e. The van der Waals surface area contributed by atoms with Crippen molar-refractivity contribution >= 4 is 11.6 Å². The number of hydrogen-bond acceptors (Lipinski definition) is 4. The normalized spacial score (nSPS) is 14.2. The zero-order valence-corrected chi connectivity index (χ0v) is 18.0. The van der Waals surface area contributed by atoms with Gasteiger partial charge in [0.25, 0.3) is 0 Å². The zero-order valence-electron chi connectivity index (χ0n) is 18.0. The topological polar surface area (TPSA) is 50.8 Å². The van der Waals surface area contributed by atoms with Crippen molar-refractivity contribution in [3.63, 3.8) is 0 Å². The summed E-state index contributed by atoms with van der Waals surface area (Å²) in [5, 5.41) is 3.48. The average molecular weight is 417 g/mol. The van der Waals surface area contributed by atoms with Gasteiger partial charge in [0.2, 0.25) is 5.91 Å². The predicted molar refractivity (Wildman–Crippen MR) is 124 cm³/mol. The number of rotatable bonds is 7. The molecule has 5 heteroatoms. The highest BCUT2D eigenvalue weighted by atomic mass is 16.5. The Labute approximate surface area is 183 Å². The van der Waals surface area contributed by atoms with Gasteiger partial charge in [-0.15, -0.1) is 0 Å². The smallest absolute Gasteiger partial charge is 0.249 e. The Balaban J connectivity index is 1.67. The molecular weight excluding hydrogens is 388 g/mol. The van der Waals surface area contributed by atoms with Gasteiger partial charge in [0, 0.05) is 24.3 Å². The Morgan fingerprint density at radius 1 is 0.903 bits per heavy atom. The van der Waals surface area contributed by atoms with Gasteiger partial charge in [-0.25, -0.2) is 0 Å². The summed E-state index contributed by atoms with van der Waals surface area (Å²) in [6, 6.07) is 23.3. The Kier molecular flexibility index (Phi) is 6.41.